The second kappa shape index (κ2) is 20.7. The van der Waals surface area contributed by atoms with E-state index in [4.69, 9.17) is 23.2 Å². The number of amides is 7. The Morgan fingerprint density at radius 3 is 2.27 bits per heavy atom. The van der Waals surface area contributed by atoms with Crippen molar-refractivity contribution in [3.8, 4) is 0 Å². The van der Waals surface area contributed by atoms with Gasteiger partial charge in [-0.3, -0.25) is 33.6 Å². The number of halogens is 6. The van der Waals surface area contributed by atoms with E-state index in [1.165, 1.54) is 32.8 Å². The minimum atomic E-state index is -5.43. The fraction of sp³-hybridized carbons (Fsp3) is 0.690. The van der Waals surface area contributed by atoms with Crippen molar-refractivity contribution in [3.05, 3.63) is 33.8 Å². The molecule has 15 nitrogen and oxygen atoms in total. The van der Waals surface area contributed by atoms with Crippen LogP contribution in [-0.4, -0.2) is 142 Å². The third kappa shape index (κ3) is 12.3. The van der Waals surface area contributed by atoms with Crippen LogP contribution in [0.15, 0.2) is 18.2 Å². The van der Waals surface area contributed by atoms with Crippen LogP contribution in [0.1, 0.15) is 91.5 Å². The number of carbonyl (C=O) groups excluding carboxylic acids is 7. The average molecular weight is 937 g/mol. The Kier molecular flexibility index (Phi) is 16.9. The number of hydrogen-bond acceptors (Lipinski definition) is 8. The molecule has 0 spiro atoms. The molecule has 5 N–H and O–H groups in total. The van der Waals surface area contributed by atoms with E-state index in [1.54, 1.807) is 18.2 Å². The van der Waals surface area contributed by atoms with Gasteiger partial charge in [0.1, 0.15) is 41.9 Å². The van der Waals surface area contributed by atoms with Crippen LogP contribution >= 0.6 is 23.2 Å². The molecule has 2 heterocycles. The Balaban J connectivity index is 1.67. The summed E-state index contributed by atoms with van der Waals surface area (Å²) in [6.07, 6.45) is -5.86. The molecular weight excluding hydrogens is 877 g/mol. The third-order valence-electron chi connectivity index (χ3n) is 12.1. The summed E-state index contributed by atoms with van der Waals surface area (Å²) in [7, 11) is 2.71. The number of hydrogen-bond donors (Lipinski definition) is 5. The van der Waals surface area contributed by atoms with Crippen molar-refractivity contribution in [1.29, 1.82) is 0 Å². The fourth-order valence-corrected chi connectivity index (χ4v) is 8.33. The molecule has 3 aliphatic rings. The van der Waals surface area contributed by atoms with Gasteiger partial charge in [0, 0.05) is 43.5 Å². The van der Waals surface area contributed by atoms with Crippen LogP contribution in [0.5, 0.6) is 0 Å². The summed E-state index contributed by atoms with van der Waals surface area (Å²) >= 11 is 12.8. The van der Waals surface area contributed by atoms with Gasteiger partial charge >= 0.3 is 6.18 Å². The van der Waals surface area contributed by atoms with Gasteiger partial charge in [0.15, 0.2) is 0 Å². The van der Waals surface area contributed by atoms with E-state index in [0.717, 1.165) is 4.90 Å². The Morgan fingerprint density at radius 2 is 1.68 bits per heavy atom. The molecule has 3 fully saturated rings. The minimum absolute atomic E-state index is 0.0185. The first-order valence-corrected chi connectivity index (χ1v) is 21.9. The molecule has 1 saturated carbocycles. The first-order chi connectivity index (χ1) is 29.2. The van der Waals surface area contributed by atoms with Crippen molar-refractivity contribution in [1.82, 2.24) is 36.0 Å². The number of nitrogens with zero attached hydrogens (tertiary/aromatic N) is 3. The standard InChI is InChI=1S/C42H59Cl2F4N7O8/c1-22(2)17-28-36(59)54(7)30(19-24-18-25(43)14-15-27(24)44)35(58)52-40(3,4)38(61)49-16-9-8-13-29(33(56)50-28)53(6)37(60)32(23-11-10-12-23)51-34(57)31-20-26(45)21-55(31)39(62)41(5,63)42(46,47)48/h14-15,18,22-23,26,28-32,63H,8-13,16-17,19-21H2,1-7H3,(H,49,61)(H,50,56)(H,51,57)(H,52,58)/t26-,28+,29+,30+,31+,32+,41-/m1/s1. The predicted octanol–water partition coefficient (Wildman–Crippen LogP) is 3.45. The maximum atomic E-state index is 14.7. The third-order valence-corrected chi connectivity index (χ3v) is 12.7. The van der Waals surface area contributed by atoms with E-state index in [9.17, 15) is 56.2 Å². The van der Waals surface area contributed by atoms with Crippen LogP contribution in [0.25, 0.3) is 0 Å². The van der Waals surface area contributed by atoms with E-state index >= 15 is 0 Å². The number of nitrogens with one attached hydrogen (secondary N) is 4. The molecule has 1 aliphatic carbocycles. The normalized spacial score (nSPS) is 25.9. The van der Waals surface area contributed by atoms with Gasteiger partial charge in [0.25, 0.3) is 5.91 Å². The summed E-state index contributed by atoms with van der Waals surface area (Å²) in [5.41, 5.74) is -4.93. The molecule has 21 heteroatoms. The molecule has 1 aromatic carbocycles. The zero-order valence-corrected chi connectivity index (χ0v) is 38.1. The summed E-state index contributed by atoms with van der Waals surface area (Å²) in [6.45, 7) is 6.10. The van der Waals surface area contributed by atoms with Gasteiger partial charge in [-0.2, -0.15) is 13.2 Å². The zero-order chi connectivity index (χ0) is 47.4. The molecule has 0 bridgehead atoms. The van der Waals surface area contributed by atoms with E-state index in [2.05, 4.69) is 21.3 Å². The Hall–Kier alpha value is -4.23. The number of rotatable bonds is 10. The van der Waals surface area contributed by atoms with Gasteiger partial charge in [0.2, 0.25) is 41.0 Å². The predicted molar refractivity (Wildman–Crippen MR) is 225 cm³/mol. The second-order valence-corrected chi connectivity index (χ2v) is 18.8. The highest BCUT2D eigenvalue weighted by molar-refractivity contribution is 6.33. The quantitative estimate of drug-likeness (QED) is 0.220. The van der Waals surface area contributed by atoms with E-state index in [0.29, 0.717) is 41.2 Å². The highest BCUT2D eigenvalue weighted by Gasteiger charge is 2.59. The molecule has 1 aromatic rings. The molecular formula is C42H59Cl2F4N7O8. The first-order valence-electron chi connectivity index (χ1n) is 21.1. The van der Waals surface area contributed by atoms with Crippen LogP contribution in [0.4, 0.5) is 17.6 Å². The van der Waals surface area contributed by atoms with Crippen LogP contribution in [0.2, 0.25) is 10.0 Å². The smallest absolute Gasteiger partial charge is 0.373 e. The lowest BCUT2D eigenvalue weighted by Crippen LogP contribution is -2.63. The number of likely N-dealkylation sites (tertiary alicyclic amines) is 1. The molecule has 7 atom stereocenters. The lowest BCUT2D eigenvalue weighted by Gasteiger charge is -2.39. The van der Waals surface area contributed by atoms with Crippen LogP contribution in [0.3, 0.4) is 0 Å². The van der Waals surface area contributed by atoms with Gasteiger partial charge in [-0.15, -0.1) is 0 Å². The lowest BCUT2D eigenvalue weighted by molar-refractivity contribution is -0.250. The van der Waals surface area contributed by atoms with Crippen molar-refractivity contribution < 1.29 is 56.2 Å². The number of alkyl halides is 4. The van der Waals surface area contributed by atoms with E-state index in [1.807, 2.05) is 13.8 Å². The van der Waals surface area contributed by atoms with Gasteiger partial charge in [-0.05, 0) is 94.9 Å². The number of benzene rings is 1. The largest absolute Gasteiger partial charge is 0.426 e. The van der Waals surface area contributed by atoms with Gasteiger partial charge < -0.3 is 41.1 Å². The minimum Gasteiger partial charge on any atom is -0.373 e. The highest BCUT2D eigenvalue weighted by Crippen LogP contribution is 2.35. The van der Waals surface area contributed by atoms with Crippen molar-refractivity contribution in [2.24, 2.45) is 11.8 Å². The van der Waals surface area contributed by atoms with Crippen LogP contribution in [-0.2, 0) is 40.0 Å². The van der Waals surface area contributed by atoms with Crippen molar-refractivity contribution in [3.63, 3.8) is 0 Å². The monoisotopic (exact) mass is 935 g/mol. The van der Waals surface area contributed by atoms with Crippen LogP contribution in [0, 0.1) is 11.8 Å². The van der Waals surface area contributed by atoms with Crippen LogP contribution < -0.4 is 21.3 Å². The molecule has 352 valence electrons. The van der Waals surface area contributed by atoms with E-state index < -0.39 is 114 Å². The molecule has 0 unspecified atom stereocenters. The highest BCUT2D eigenvalue weighted by atomic mass is 35.5. The van der Waals surface area contributed by atoms with Gasteiger partial charge in [-0.1, -0.05) is 43.5 Å². The number of aliphatic hydroxyl groups is 1. The van der Waals surface area contributed by atoms with Gasteiger partial charge in [0.05, 0.1) is 6.54 Å². The summed E-state index contributed by atoms with van der Waals surface area (Å²) in [5, 5.41) is 21.5. The average Bonchev–Trinajstić information content (AvgIpc) is 3.56. The van der Waals surface area contributed by atoms with Gasteiger partial charge in [-0.25, -0.2) is 4.39 Å². The molecule has 2 aliphatic heterocycles. The zero-order valence-electron chi connectivity index (χ0n) is 36.5. The number of likely N-dealkylation sites (N-methyl/N-ethyl adjacent to an activating group) is 2. The Labute approximate surface area is 374 Å². The molecule has 0 radical (unpaired) electrons. The van der Waals surface area contributed by atoms with Crippen molar-refractivity contribution in [2.45, 2.75) is 146 Å². The van der Waals surface area contributed by atoms with Crippen molar-refractivity contribution >= 4 is 64.6 Å². The molecule has 0 aromatic heterocycles. The topological polar surface area (TPSA) is 198 Å². The second-order valence-electron chi connectivity index (χ2n) is 18.0. The summed E-state index contributed by atoms with van der Waals surface area (Å²) in [6, 6.07) is -2.23. The Morgan fingerprint density at radius 1 is 1.03 bits per heavy atom. The maximum absolute atomic E-state index is 14.7. The molecule has 2 saturated heterocycles. The molecule has 4 rings (SSSR count). The van der Waals surface area contributed by atoms with Crippen molar-refractivity contribution in [2.75, 3.05) is 27.2 Å². The summed E-state index contributed by atoms with van der Waals surface area (Å²) in [5.74, 6) is -7.06. The Bertz CT molecular complexity index is 1900. The lowest BCUT2D eigenvalue weighted by atomic mass is 9.79. The SMILES string of the molecule is CC(C)C[C@@H]1NC(=O)[C@@H](N(C)C(=O)[C@@H](NC(=O)[C@@H]2C[C@@H](F)CN2C(=O)[C@@](C)(O)C(F)(F)F)C2CCC2)CCCCNC(=O)C(C)(C)NC(=O)[C@H](Cc2cc(Cl)ccc2Cl)N(C)C1=O. The fourth-order valence-electron chi connectivity index (χ4n) is 7.94. The summed E-state index contributed by atoms with van der Waals surface area (Å²) < 4.78 is 55.6. The molecule has 63 heavy (non-hydrogen) atoms. The first kappa shape index (κ1) is 51.4. The number of carbonyl (C=O) groups is 7. The molecule has 7 amide bonds. The maximum Gasteiger partial charge on any atom is 0.426 e. The summed E-state index contributed by atoms with van der Waals surface area (Å²) in [4.78, 5) is 100. The van der Waals surface area contributed by atoms with E-state index in [-0.39, 0.29) is 50.1 Å².